The van der Waals surface area contributed by atoms with Gasteiger partial charge in [0.05, 0.1) is 12.7 Å². The number of benzene rings is 1. The molecule has 0 spiro atoms. The van der Waals surface area contributed by atoms with Gasteiger partial charge in [-0.1, -0.05) is 19.1 Å². The lowest BCUT2D eigenvalue weighted by atomic mass is 9.99. The van der Waals surface area contributed by atoms with E-state index in [1.807, 2.05) is 19.1 Å². The molecule has 2 unspecified atom stereocenters. The lowest BCUT2D eigenvalue weighted by Crippen LogP contribution is -2.27. The van der Waals surface area contributed by atoms with E-state index >= 15 is 0 Å². The van der Waals surface area contributed by atoms with Gasteiger partial charge in [-0.25, -0.2) is 0 Å². The number of rotatable bonds is 7. The van der Waals surface area contributed by atoms with Crippen LogP contribution in [0.3, 0.4) is 0 Å². The van der Waals surface area contributed by atoms with E-state index in [1.54, 1.807) is 0 Å². The highest BCUT2D eigenvalue weighted by atomic mass is 16.5. The van der Waals surface area contributed by atoms with Gasteiger partial charge in [0.25, 0.3) is 0 Å². The molecule has 1 N–H and O–H groups in total. The van der Waals surface area contributed by atoms with Gasteiger partial charge in [-0.2, -0.15) is 0 Å². The molecule has 0 aromatic heterocycles. The predicted molar refractivity (Wildman–Crippen MR) is 77.5 cm³/mol. The summed E-state index contributed by atoms with van der Waals surface area (Å²) in [4.78, 5) is 0. The molecule has 1 aromatic rings. The van der Waals surface area contributed by atoms with E-state index in [4.69, 9.17) is 9.47 Å². The molecule has 1 heterocycles. The molecule has 1 fully saturated rings. The lowest BCUT2D eigenvalue weighted by Gasteiger charge is -2.17. The number of hydrogen-bond donors (Lipinski definition) is 1. The van der Waals surface area contributed by atoms with Crippen LogP contribution < -0.4 is 10.1 Å². The van der Waals surface area contributed by atoms with Gasteiger partial charge in [0.15, 0.2) is 0 Å². The summed E-state index contributed by atoms with van der Waals surface area (Å²) < 4.78 is 11.1. The SMILES string of the molecule is CCOc1ccc(CNCC2CCOC2CC)cc1. The fraction of sp³-hybridized carbons (Fsp3) is 0.625. The Morgan fingerprint density at radius 3 is 2.74 bits per heavy atom. The van der Waals surface area contributed by atoms with Crippen molar-refractivity contribution in [3.8, 4) is 5.75 Å². The molecule has 1 saturated heterocycles. The zero-order valence-corrected chi connectivity index (χ0v) is 12.0. The Hall–Kier alpha value is -1.06. The predicted octanol–water partition coefficient (Wildman–Crippen LogP) is 2.99. The van der Waals surface area contributed by atoms with Crippen LogP contribution in [0.25, 0.3) is 0 Å². The van der Waals surface area contributed by atoms with Crippen LogP contribution in [0.1, 0.15) is 32.3 Å². The van der Waals surface area contributed by atoms with Crippen molar-refractivity contribution in [2.24, 2.45) is 5.92 Å². The van der Waals surface area contributed by atoms with Crippen molar-refractivity contribution in [2.75, 3.05) is 19.8 Å². The molecule has 1 aromatic carbocycles. The van der Waals surface area contributed by atoms with Crippen LogP contribution in [-0.2, 0) is 11.3 Å². The molecule has 0 saturated carbocycles. The topological polar surface area (TPSA) is 30.5 Å². The van der Waals surface area contributed by atoms with Crippen molar-refractivity contribution >= 4 is 0 Å². The molecule has 3 nitrogen and oxygen atoms in total. The fourth-order valence-electron chi connectivity index (χ4n) is 2.65. The summed E-state index contributed by atoms with van der Waals surface area (Å²) in [5.74, 6) is 1.62. The first kappa shape index (κ1) is 14.4. The van der Waals surface area contributed by atoms with Crippen LogP contribution in [0.15, 0.2) is 24.3 Å². The van der Waals surface area contributed by atoms with Gasteiger partial charge >= 0.3 is 0 Å². The van der Waals surface area contributed by atoms with E-state index in [9.17, 15) is 0 Å². The Labute approximate surface area is 116 Å². The Morgan fingerprint density at radius 1 is 1.26 bits per heavy atom. The Balaban J connectivity index is 1.73. The molecule has 3 heteroatoms. The molecule has 19 heavy (non-hydrogen) atoms. The van der Waals surface area contributed by atoms with Crippen molar-refractivity contribution < 1.29 is 9.47 Å². The molecule has 0 amide bonds. The molecular formula is C16H25NO2. The van der Waals surface area contributed by atoms with E-state index in [-0.39, 0.29) is 0 Å². The summed E-state index contributed by atoms with van der Waals surface area (Å²) in [7, 11) is 0. The van der Waals surface area contributed by atoms with Crippen LogP contribution in [0.2, 0.25) is 0 Å². The molecular weight excluding hydrogens is 238 g/mol. The van der Waals surface area contributed by atoms with Crippen molar-refractivity contribution in [2.45, 2.75) is 39.3 Å². The molecule has 1 aliphatic rings. The summed E-state index contributed by atoms with van der Waals surface area (Å²) >= 11 is 0. The summed E-state index contributed by atoms with van der Waals surface area (Å²) in [6, 6.07) is 8.32. The Kier molecular flexibility index (Phi) is 5.67. The van der Waals surface area contributed by atoms with E-state index in [2.05, 4.69) is 24.4 Å². The Bertz CT molecular complexity index is 364. The molecule has 2 atom stereocenters. The third kappa shape index (κ3) is 4.22. The zero-order chi connectivity index (χ0) is 13.5. The lowest BCUT2D eigenvalue weighted by molar-refractivity contribution is 0.0872. The van der Waals surface area contributed by atoms with Crippen LogP contribution in [-0.4, -0.2) is 25.9 Å². The minimum atomic E-state index is 0.452. The third-order valence-electron chi connectivity index (χ3n) is 3.72. The van der Waals surface area contributed by atoms with E-state index in [0.29, 0.717) is 12.0 Å². The van der Waals surface area contributed by atoms with Crippen molar-refractivity contribution in [1.82, 2.24) is 5.32 Å². The van der Waals surface area contributed by atoms with Gasteiger partial charge in [-0.3, -0.25) is 0 Å². The first-order valence-corrected chi connectivity index (χ1v) is 7.37. The normalized spacial score (nSPS) is 22.6. The smallest absolute Gasteiger partial charge is 0.119 e. The number of hydrogen-bond acceptors (Lipinski definition) is 3. The van der Waals surface area contributed by atoms with E-state index in [0.717, 1.165) is 38.5 Å². The van der Waals surface area contributed by atoms with Gasteiger partial charge in [0.2, 0.25) is 0 Å². The van der Waals surface area contributed by atoms with Crippen molar-refractivity contribution in [1.29, 1.82) is 0 Å². The molecule has 0 bridgehead atoms. The highest BCUT2D eigenvalue weighted by Crippen LogP contribution is 2.22. The average Bonchev–Trinajstić information content (AvgIpc) is 2.88. The fourth-order valence-corrected chi connectivity index (χ4v) is 2.65. The minimum Gasteiger partial charge on any atom is -0.494 e. The largest absolute Gasteiger partial charge is 0.494 e. The quantitative estimate of drug-likeness (QED) is 0.820. The average molecular weight is 263 g/mol. The zero-order valence-electron chi connectivity index (χ0n) is 12.0. The second-order valence-corrected chi connectivity index (χ2v) is 5.07. The number of ether oxygens (including phenoxy) is 2. The maximum Gasteiger partial charge on any atom is 0.119 e. The standard InChI is InChI=1S/C16H25NO2/c1-3-16-14(9-10-19-16)12-17-11-13-5-7-15(8-6-13)18-4-2/h5-8,14,16-17H,3-4,9-12H2,1-2H3. The van der Waals surface area contributed by atoms with Crippen LogP contribution in [0, 0.1) is 5.92 Å². The van der Waals surface area contributed by atoms with Gasteiger partial charge in [-0.05, 0) is 43.4 Å². The molecule has 0 aliphatic carbocycles. The molecule has 1 aliphatic heterocycles. The summed E-state index contributed by atoms with van der Waals surface area (Å²) in [6.45, 7) is 7.81. The molecule has 2 rings (SSSR count). The molecule has 0 radical (unpaired) electrons. The van der Waals surface area contributed by atoms with Crippen LogP contribution in [0.4, 0.5) is 0 Å². The maximum atomic E-state index is 5.70. The monoisotopic (exact) mass is 263 g/mol. The third-order valence-corrected chi connectivity index (χ3v) is 3.72. The highest BCUT2D eigenvalue weighted by molar-refractivity contribution is 5.27. The Morgan fingerprint density at radius 2 is 2.05 bits per heavy atom. The summed E-state index contributed by atoms with van der Waals surface area (Å²) in [5, 5.41) is 3.54. The molecule has 106 valence electrons. The highest BCUT2D eigenvalue weighted by Gasteiger charge is 2.25. The maximum absolute atomic E-state index is 5.70. The van der Waals surface area contributed by atoms with Gasteiger partial charge in [-0.15, -0.1) is 0 Å². The number of nitrogens with one attached hydrogen (secondary N) is 1. The summed E-state index contributed by atoms with van der Waals surface area (Å²) in [6.07, 6.45) is 2.76. The minimum absolute atomic E-state index is 0.452. The van der Waals surface area contributed by atoms with Gasteiger partial charge < -0.3 is 14.8 Å². The second kappa shape index (κ2) is 7.51. The summed E-state index contributed by atoms with van der Waals surface area (Å²) in [5.41, 5.74) is 1.30. The second-order valence-electron chi connectivity index (χ2n) is 5.07. The van der Waals surface area contributed by atoms with Crippen LogP contribution >= 0.6 is 0 Å². The van der Waals surface area contributed by atoms with E-state index < -0.39 is 0 Å². The van der Waals surface area contributed by atoms with Gasteiger partial charge in [0, 0.05) is 19.7 Å². The van der Waals surface area contributed by atoms with Crippen molar-refractivity contribution in [3.05, 3.63) is 29.8 Å². The first-order valence-electron chi connectivity index (χ1n) is 7.37. The van der Waals surface area contributed by atoms with E-state index in [1.165, 1.54) is 12.0 Å². The first-order chi connectivity index (χ1) is 9.33. The van der Waals surface area contributed by atoms with Crippen molar-refractivity contribution in [3.63, 3.8) is 0 Å². The van der Waals surface area contributed by atoms with Gasteiger partial charge in [0.1, 0.15) is 5.75 Å². The van der Waals surface area contributed by atoms with Crippen LogP contribution in [0.5, 0.6) is 5.75 Å².